The van der Waals surface area contributed by atoms with Crippen LogP contribution in [0.3, 0.4) is 0 Å². The number of aryl methyl sites for hydroxylation is 1. The fourth-order valence-corrected chi connectivity index (χ4v) is 2.38. The number of carboxylic acids is 1. The molecule has 2 atom stereocenters. The Bertz CT molecular complexity index is 529. The predicted octanol–water partition coefficient (Wildman–Crippen LogP) is 2.92. The Morgan fingerprint density at radius 2 is 2.16 bits per heavy atom. The van der Waals surface area contributed by atoms with Crippen LogP contribution in [0.25, 0.3) is 0 Å². The van der Waals surface area contributed by atoms with Gasteiger partial charge in [0.2, 0.25) is 6.10 Å². The summed E-state index contributed by atoms with van der Waals surface area (Å²) in [6.07, 6.45) is -7.87. The largest absolute Gasteiger partial charge is 0.480 e. The van der Waals surface area contributed by atoms with Crippen LogP contribution in [0.4, 0.5) is 13.2 Å². The van der Waals surface area contributed by atoms with Crippen molar-refractivity contribution in [2.45, 2.75) is 30.5 Å². The van der Waals surface area contributed by atoms with Crippen LogP contribution in [0.15, 0.2) is 18.2 Å². The van der Waals surface area contributed by atoms with E-state index in [1.54, 1.807) is 19.1 Å². The number of aliphatic carboxylic acids is 1. The summed E-state index contributed by atoms with van der Waals surface area (Å²) in [6, 6.07) is 4.55. The third-order valence-electron chi connectivity index (χ3n) is 2.98. The van der Waals surface area contributed by atoms with E-state index in [9.17, 15) is 18.0 Å². The smallest absolute Gasteiger partial charge is 0.427 e. The molecule has 1 aromatic rings. The van der Waals surface area contributed by atoms with Crippen molar-refractivity contribution in [1.29, 1.82) is 0 Å². The predicted molar refractivity (Wildman–Crippen MR) is 61.6 cm³/mol. The van der Waals surface area contributed by atoms with E-state index in [0.29, 0.717) is 5.56 Å². The summed E-state index contributed by atoms with van der Waals surface area (Å²) in [5.74, 6) is -1.73. The number of alkyl halides is 4. The average Bonchev–Trinajstić information content (AvgIpc) is 2.26. The molecular weight excluding hydrogens is 285 g/mol. The molecule has 0 bridgehead atoms. The topological polar surface area (TPSA) is 46.5 Å². The maximum Gasteiger partial charge on any atom is 0.427 e. The lowest BCUT2D eigenvalue weighted by Crippen LogP contribution is -2.58. The van der Waals surface area contributed by atoms with Gasteiger partial charge in [0.05, 0.1) is 0 Å². The summed E-state index contributed by atoms with van der Waals surface area (Å²) in [5.41, 5.74) is 1.15. The normalized spacial score (nSPS) is 26.5. The van der Waals surface area contributed by atoms with Gasteiger partial charge in [-0.15, -0.1) is 11.6 Å². The minimum atomic E-state index is -4.86. The Labute approximate surface area is 111 Å². The van der Waals surface area contributed by atoms with Crippen molar-refractivity contribution in [2.24, 2.45) is 0 Å². The van der Waals surface area contributed by atoms with Crippen LogP contribution >= 0.6 is 11.6 Å². The fraction of sp³-hybridized carbons (Fsp3) is 0.417. The molecule has 104 valence electrons. The highest BCUT2D eigenvalue weighted by atomic mass is 35.5. The van der Waals surface area contributed by atoms with Crippen molar-refractivity contribution in [1.82, 2.24) is 0 Å². The number of carboxylic acid groups (broad SMARTS) is 1. The van der Waals surface area contributed by atoms with Crippen LogP contribution in [0.2, 0.25) is 0 Å². The Kier molecular flexibility index (Phi) is 3.16. The van der Waals surface area contributed by atoms with E-state index < -0.39 is 29.5 Å². The van der Waals surface area contributed by atoms with Crippen LogP contribution in [0.5, 0.6) is 5.75 Å². The zero-order valence-corrected chi connectivity index (χ0v) is 10.5. The number of rotatable bonds is 1. The zero-order chi connectivity index (χ0) is 14.4. The van der Waals surface area contributed by atoms with Gasteiger partial charge in [-0.1, -0.05) is 17.7 Å². The number of halogens is 4. The zero-order valence-electron chi connectivity index (χ0n) is 9.79. The lowest BCUT2D eigenvalue weighted by molar-refractivity contribution is -0.212. The molecule has 2 unspecified atom stereocenters. The summed E-state index contributed by atoms with van der Waals surface area (Å²) in [6.45, 7) is 1.74. The monoisotopic (exact) mass is 294 g/mol. The van der Waals surface area contributed by atoms with Gasteiger partial charge in [0.15, 0.2) is 4.87 Å². The second-order valence-electron chi connectivity index (χ2n) is 4.50. The molecule has 0 amide bonds. The van der Waals surface area contributed by atoms with E-state index in [0.717, 1.165) is 5.56 Å². The van der Waals surface area contributed by atoms with Crippen molar-refractivity contribution in [2.75, 3.05) is 0 Å². The molecule has 0 radical (unpaired) electrons. The third kappa shape index (κ3) is 2.36. The van der Waals surface area contributed by atoms with Gasteiger partial charge < -0.3 is 9.84 Å². The second-order valence-corrected chi connectivity index (χ2v) is 5.17. The molecule has 1 heterocycles. The molecule has 0 saturated heterocycles. The summed E-state index contributed by atoms with van der Waals surface area (Å²) < 4.78 is 43.5. The second kappa shape index (κ2) is 4.30. The standard InChI is InChI=1S/C12H10ClF3O3/c1-6-2-3-8-7(4-6)5-11(13,10(17)18)9(19-8)12(14,15)16/h2-4,9H,5H2,1H3,(H,17,18). The van der Waals surface area contributed by atoms with Crippen molar-refractivity contribution in [3.05, 3.63) is 29.3 Å². The van der Waals surface area contributed by atoms with Gasteiger partial charge in [0.25, 0.3) is 0 Å². The molecule has 0 spiro atoms. The minimum Gasteiger partial charge on any atom is -0.480 e. The van der Waals surface area contributed by atoms with Gasteiger partial charge in [0.1, 0.15) is 5.75 Å². The summed E-state index contributed by atoms with van der Waals surface area (Å²) in [7, 11) is 0. The Balaban J connectivity index is 2.52. The van der Waals surface area contributed by atoms with Crippen LogP contribution in [-0.2, 0) is 11.2 Å². The molecule has 19 heavy (non-hydrogen) atoms. The highest BCUT2D eigenvalue weighted by molar-refractivity contribution is 6.34. The average molecular weight is 295 g/mol. The Morgan fingerprint density at radius 1 is 1.53 bits per heavy atom. The first-order valence-electron chi connectivity index (χ1n) is 5.40. The first kappa shape index (κ1) is 14.0. The number of fused-ring (bicyclic) bond motifs is 1. The highest BCUT2D eigenvalue weighted by Crippen LogP contribution is 2.44. The molecule has 7 heteroatoms. The van der Waals surface area contributed by atoms with Gasteiger partial charge in [-0.2, -0.15) is 13.2 Å². The molecule has 1 aliphatic rings. The van der Waals surface area contributed by atoms with E-state index in [4.69, 9.17) is 21.4 Å². The Morgan fingerprint density at radius 3 is 2.68 bits per heavy atom. The van der Waals surface area contributed by atoms with Crippen LogP contribution in [0.1, 0.15) is 11.1 Å². The van der Waals surface area contributed by atoms with Gasteiger partial charge in [-0.3, -0.25) is 4.79 Å². The van der Waals surface area contributed by atoms with Crippen LogP contribution in [-0.4, -0.2) is 28.2 Å². The van der Waals surface area contributed by atoms with Gasteiger partial charge in [-0.25, -0.2) is 0 Å². The third-order valence-corrected chi connectivity index (χ3v) is 3.47. The highest BCUT2D eigenvalue weighted by Gasteiger charge is 2.61. The molecule has 0 aliphatic carbocycles. The molecule has 0 saturated carbocycles. The SMILES string of the molecule is Cc1ccc2c(c1)CC(Cl)(C(=O)O)C(C(F)(F)F)O2. The molecular formula is C12H10ClF3O3. The van der Waals surface area contributed by atoms with E-state index in [1.165, 1.54) is 6.07 Å². The van der Waals surface area contributed by atoms with Crippen molar-refractivity contribution >= 4 is 17.6 Å². The molecule has 1 aromatic carbocycles. The molecule has 3 nitrogen and oxygen atoms in total. The number of carbonyl (C=O) groups is 1. The first-order valence-corrected chi connectivity index (χ1v) is 5.77. The number of hydrogen-bond donors (Lipinski definition) is 1. The molecule has 1 N–H and O–H groups in total. The minimum absolute atomic E-state index is 0.0189. The summed E-state index contributed by atoms with van der Waals surface area (Å²) in [5, 5.41) is 9.01. The summed E-state index contributed by atoms with van der Waals surface area (Å²) >= 11 is 5.70. The maximum atomic E-state index is 12.9. The van der Waals surface area contributed by atoms with Crippen molar-refractivity contribution in [3.63, 3.8) is 0 Å². The van der Waals surface area contributed by atoms with Crippen LogP contribution in [0, 0.1) is 6.92 Å². The Hall–Kier alpha value is -1.43. The fourth-order valence-electron chi connectivity index (χ4n) is 2.07. The molecule has 0 fully saturated rings. The number of ether oxygens (including phenoxy) is 1. The van der Waals surface area contributed by atoms with Gasteiger partial charge >= 0.3 is 12.1 Å². The molecule has 1 aliphatic heterocycles. The molecule has 2 rings (SSSR count). The first-order chi connectivity index (χ1) is 8.64. The van der Waals surface area contributed by atoms with Crippen molar-refractivity contribution in [3.8, 4) is 5.75 Å². The van der Waals surface area contributed by atoms with Gasteiger partial charge in [-0.05, 0) is 18.6 Å². The van der Waals surface area contributed by atoms with E-state index in [1.807, 2.05) is 0 Å². The quantitative estimate of drug-likeness (QED) is 0.810. The maximum absolute atomic E-state index is 12.9. The van der Waals surface area contributed by atoms with E-state index >= 15 is 0 Å². The number of hydrogen-bond acceptors (Lipinski definition) is 2. The van der Waals surface area contributed by atoms with Gasteiger partial charge in [0, 0.05) is 6.42 Å². The number of benzene rings is 1. The van der Waals surface area contributed by atoms with E-state index in [-0.39, 0.29) is 5.75 Å². The molecule has 0 aromatic heterocycles. The van der Waals surface area contributed by atoms with Crippen LogP contribution < -0.4 is 4.74 Å². The lowest BCUT2D eigenvalue weighted by atomic mass is 9.88. The van der Waals surface area contributed by atoms with Crippen molar-refractivity contribution < 1.29 is 27.8 Å². The summed E-state index contributed by atoms with van der Waals surface area (Å²) in [4.78, 5) is 8.57. The lowest BCUT2D eigenvalue weighted by Gasteiger charge is -2.38. The van der Waals surface area contributed by atoms with E-state index in [2.05, 4.69) is 0 Å².